The second-order valence-electron chi connectivity index (χ2n) is 5.85. The first-order valence-corrected chi connectivity index (χ1v) is 7.61. The molecule has 1 atom stereocenters. The van der Waals surface area contributed by atoms with Gasteiger partial charge in [-0.2, -0.15) is 0 Å². The number of nitrogens with zero attached hydrogens (tertiary/aromatic N) is 1. The zero-order valence-electron chi connectivity index (χ0n) is 12.3. The first-order valence-electron chi connectivity index (χ1n) is 7.61. The largest absolute Gasteiger partial charge is 0.392 e. The first-order chi connectivity index (χ1) is 9.69. The maximum atomic E-state index is 11.5. The SMILES string of the molecule is CC(=O)CC1CCCCCN1Cc1ccc(CO)cc1. The van der Waals surface area contributed by atoms with Gasteiger partial charge in [-0.05, 0) is 37.4 Å². The summed E-state index contributed by atoms with van der Waals surface area (Å²) in [6.07, 6.45) is 5.54. The standard InChI is InChI=1S/C17H25NO2/c1-14(20)11-17-5-3-2-4-10-18(17)12-15-6-8-16(13-19)9-7-15/h6-9,17,19H,2-5,10-13H2,1H3. The molecule has 3 nitrogen and oxygen atoms in total. The number of hydrogen-bond donors (Lipinski definition) is 1. The van der Waals surface area contributed by atoms with E-state index in [1.165, 1.54) is 24.8 Å². The monoisotopic (exact) mass is 275 g/mol. The molecule has 3 heteroatoms. The molecule has 0 amide bonds. The molecule has 1 aliphatic rings. The highest BCUT2D eigenvalue weighted by molar-refractivity contribution is 5.76. The minimum absolute atomic E-state index is 0.0942. The highest BCUT2D eigenvalue weighted by Gasteiger charge is 2.22. The van der Waals surface area contributed by atoms with Gasteiger partial charge in [0.2, 0.25) is 0 Å². The molecule has 2 rings (SSSR count). The van der Waals surface area contributed by atoms with E-state index in [0.717, 1.165) is 25.1 Å². The highest BCUT2D eigenvalue weighted by atomic mass is 16.3. The normalized spacial score (nSPS) is 20.6. The predicted octanol–water partition coefficient (Wildman–Crippen LogP) is 2.90. The predicted molar refractivity (Wildman–Crippen MR) is 80.3 cm³/mol. The first kappa shape index (κ1) is 15.2. The molecular weight excluding hydrogens is 250 g/mol. The number of Topliss-reactive ketones (excluding diaryl/α,β-unsaturated/α-hetero) is 1. The van der Waals surface area contributed by atoms with Gasteiger partial charge in [-0.1, -0.05) is 37.1 Å². The topological polar surface area (TPSA) is 40.5 Å². The Bertz CT molecular complexity index is 427. The van der Waals surface area contributed by atoms with Gasteiger partial charge >= 0.3 is 0 Å². The fraction of sp³-hybridized carbons (Fsp3) is 0.588. The Balaban J connectivity index is 2.03. The molecule has 1 heterocycles. The minimum atomic E-state index is 0.0942. The number of benzene rings is 1. The van der Waals surface area contributed by atoms with E-state index in [2.05, 4.69) is 17.0 Å². The molecule has 0 spiro atoms. The maximum absolute atomic E-state index is 11.5. The molecule has 1 aliphatic heterocycles. The van der Waals surface area contributed by atoms with Crippen LogP contribution in [0.25, 0.3) is 0 Å². The maximum Gasteiger partial charge on any atom is 0.131 e. The van der Waals surface area contributed by atoms with E-state index in [1.54, 1.807) is 6.92 Å². The lowest BCUT2D eigenvalue weighted by molar-refractivity contribution is -0.118. The lowest BCUT2D eigenvalue weighted by Crippen LogP contribution is -2.35. The smallest absolute Gasteiger partial charge is 0.131 e. The summed E-state index contributed by atoms with van der Waals surface area (Å²) in [4.78, 5) is 13.9. The van der Waals surface area contributed by atoms with E-state index < -0.39 is 0 Å². The number of likely N-dealkylation sites (tertiary alicyclic amines) is 1. The van der Waals surface area contributed by atoms with E-state index >= 15 is 0 Å². The van der Waals surface area contributed by atoms with Crippen molar-refractivity contribution in [3.63, 3.8) is 0 Å². The molecule has 0 radical (unpaired) electrons. The Morgan fingerprint density at radius 2 is 1.90 bits per heavy atom. The Labute approximate surface area is 121 Å². The van der Waals surface area contributed by atoms with Gasteiger partial charge in [0, 0.05) is 19.0 Å². The van der Waals surface area contributed by atoms with Crippen LogP contribution in [0.4, 0.5) is 0 Å². The van der Waals surface area contributed by atoms with Crippen molar-refractivity contribution in [2.45, 2.75) is 58.2 Å². The molecule has 1 saturated heterocycles. The molecule has 1 aromatic carbocycles. The van der Waals surface area contributed by atoms with Crippen molar-refractivity contribution >= 4 is 5.78 Å². The number of carbonyl (C=O) groups excluding carboxylic acids is 1. The lowest BCUT2D eigenvalue weighted by Gasteiger charge is -2.29. The van der Waals surface area contributed by atoms with E-state index in [4.69, 9.17) is 5.11 Å². The molecular formula is C17H25NO2. The van der Waals surface area contributed by atoms with Gasteiger partial charge in [-0.25, -0.2) is 0 Å². The molecule has 20 heavy (non-hydrogen) atoms. The summed E-state index contributed by atoms with van der Waals surface area (Å²) in [5, 5.41) is 9.08. The second kappa shape index (κ2) is 7.55. The third-order valence-corrected chi connectivity index (χ3v) is 4.11. The van der Waals surface area contributed by atoms with Gasteiger partial charge in [0.25, 0.3) is 0 Å². The Hall–Kier alpha value is -1.19. The van der Waals surface area contributed by atoms with Crippen LogP contribution in [-0.2, 0) is 17.9 Å². The van der Waals surface area contributed by atoms with Crippen LogP contribution in [0, 0.1) is 0 Å². The van der Waals surface area contributed by atoms with E-state index in [9.17, 15) is 4.79 Å². The number of hydrogen-bond acceptors (Lipinski definition) is 3. The number of ketones is 1. The van der Waals surface area contributed by atoms with Gasteiger partial charge in [-0.15, -0.1) is 0 Å². The summed E-state index contributed by atoms with van der Waals surface area (Å²) in [5.41, 5.74) is 2.21. The zero-order valence-corrected chi connectivity index (χ0v) is 12.3. The van der Waals surface area contributed by atoms with Crippen LogP contribution < -0.4 is 0 Å². The van der Waals surface area contributed by atoms with Crippen LogP contribution in [0.1, 0.15) is 50.2 Å². The summed E-state index contributed by atoms with van der Waals surface area (Å²) < 4.78 is 0. The number of aliphatic hydroxyl groups is 1. The van der Waals surface area contributed by atoms with Crippen molar-refractivity contribution in [2.24, 2.45) is 0 Å². The van der Waals surface area contributed by atoms with Crippen molar-refractivity contribution in [1.29, 1.82) is 0 Å². The third kappa shape index (κ3) is 4.43. The minimum Gasteiger partial charge on any atom is -0.392 e. The van der Waals surface area contributed by atoms with Gasteiger partial charge in [0.15, 0.2) is 0 Å². The van der Waals surface area contributed by atoms with Crippen LogP contribution in [-0.4, -0.2) is 28.4 Å². The molecule has 0 aliphatic carbocycles. The fourth-order valence-corrected chi connectivity index (χ4v) is 2.99. The lowest BCUT2D eigenvalue weighted by atomic mass is 10.0. The summed E-state index contributed by atoms with van der Waals surface area (Å²) in [6, 6.07) is 8.52. The van der Waals surface area contributed by atoms with Gasteiger partial charge in [0.1, 0.15) is 5.78 Å². The highest BCUT2D eigenvalue weighted by Crippen LogP contribution is 2.22. The van der Waals surface area contributed by atoms with Crippen molar-refractivity contribution in [1.82, 2.24) is 4.90 Å². The van der Waals surface area contributed by atoms with Crippen LogP contribution >= 0.6 is 0 Å². The van der Waals surface area contributed by atoms with Crippen molar-refractivity contribution in [2.75, 3.05) is 6.54 Å². The molecule has 0 aromatic heterocycles. The molecule has 0 saturated carbocycles. The Morgan fingerprint density at radius 3 is 2.55 bits per heavy atom. The summed E-state index contributed by atoms with van der Waals surface area (Å²) in [5.74, 6) is 0.289. The zero-order chi connectivity index (χ0) is 14.4. The van der Waals surface area contributed by atoms with Gasteiger partial charge < -0.3 is 5.11 Å². The van der Waals surface area contributed by atoms with Crippen molar-refractivity contribution in [3.8, 4) is 0 Å². The quantitative estimate of drug-likeness (QED) is 0.898. The molecule has 1 fully saturated rings. The van der Waals surface area contributed by atoms with Crippen LogP contribution in [0.15, 0.2) is 24.3 Å². The molecule has 0 bridgehead atoms. The molecule has 1 N–H and O–H groups in total. The number of aliphatic hydroxyl groups excluding tert-OH is 1. The average Bonchev–Trinajstić information content (AvgIpc) is 2.65. The molecule has 1 aromatic rings. The fourth-order valence-electron chi connectivity index (χ4n) is 2.99. The van der Waals surface area contributed by atoms with Crippen LogP contribution in [0.5, 0.6) is 0 Å². The summed E-state index contributed by atoms with van der Waals surface area (Å²) in [7, 11) is 0. The molecule has 110 valence electrons. The van der Waals surface area contributed by atoms with E-state index in [0.29, 0.717) is 12.5 Å². The average molecular weight is 275 g/mol. The third-order valence-electron chi connectivity index (χ3n) is 4.11. The van der Waals surface area contributed by atoms with Crippen molar-refractivity contribution < 1.29 is 9.90 Å². The van der Waals surface area contributed by atoms with E-state index in [-0.39, 0.29) is 12.4 Å². The number of rotatable bonds is 5. The number of carbonyl (C=O) groups is 1. The van der Waals surface area contributed by atoms with Crippen LogP contribution in [0.2, 0.25) is 0 Å². The second-order valence-corrected chi connectivity index (χ2v) is 5.85. The Morgan fingerprint density at radius 1 is 1.20 bits per heavy atom. The van der Waals surface area contributed by atoms with E-state index in [1.807, 2.05) is 12.1 Å². The molecule has 1 unspecified atom stereocenters. The Kier molecular flexibility index (Phi) is 5.74. The van der Waals surface area contributed by atoms with Crippen molar-refractivity contribution in [3.05, 3.63) is 35.4 Å². The van der Waals surface area contributed by atoms with Gasteiger partial charge in [0.05, 0.1) is 6.61 Å². The summed E-state index contributed by atoms with van der Waals surface area (Å²) in [6.45, 7) is 3.78. The van der Waals surface area contributed by atoms with Gasteiger partial charge in [-0.3, -0.25) is 9.69 Å². The summed E-state index contributed by atoms with van der Waals surface area (Å²) >= 11 is 0. The van der Waals surface area contributed by atoms with Crippen LogP contribution in [0.3, 0.4) is 0 Å².